The first-order chi connectivity index (χ1) is 6.29. The molecular weight excluding hydrogens is 280 g/mol. The molecule has 0 atom stereocenters. The van der Waals surface area contributed by atoms with Gasteiger partial charge < -0.3 is 7.96 Å². The number of hydrogen-bond donors (Lipinski definition) is 1. The topological polar surface area (TPSA) is 37.3 Å². The number of aromatic carboxylic acids is 1. The Morgan fingerprint density at radius 2 is 1.67 bits per heavy atom. The average molecular weight is 290 g/mol. The largest absolute Gasteiger partial charge is 2.00 e. The summed E-state index contributed by atoms with van der Waals surface area (Å²) in [6.07, 6.45) is 0. The summed E-state index contributed by atoms with van der Waals surface area (Å²) >= 11 is 0. The fourth-order valence-corrected chi connectivity index (χ4v) is 1.41. The molecule has 0 amide bonds. The van der Waals surface area contributed by atoms with E-state index in [1.807, 2.05) is 30.3 Å². The molecule has 0 fully saturated rings. The molecule has 0 heterocycles. The van der Waals surface area contributed by atoms with E-state index in [0.29, 0.717) is 5.56 Å². The first-order valence-electron chi connectivity index (χ1n) is 4.00. The molecule has 1 N–H and O–H groups in total. The molecule has 2 aromatic carbocycles. The van der Waals surface area contributed by atoms with Gasteiger partial charge in [0, 0.05) is 26.2 Å². The first kappa shape index (κ1) is 14.8. The molecule has 2 nitrogen and oxygen atoms in total. The van der Waals surface area contributed by atoms with Crippen molar-refractivity contribution in [2.75, 3.05) is 0 Å². The second-order valence-corrected chi connectivity index (χ2v) is 2.83. The van der Waals surface area contributed by atoms with Crippen LogP contribution in [0, 0.1) is 0 Å². The van der Waals surface area contributed by atoms with Crippen molar-refractivity contribution in [3.8, 4) is 0 Å². The van der Waals surface area contributed by atoms with Crippen molar-refractivity contribution in [1.29, 1.82) is 0 Å². The van der Waals surface area contributed by atoms with Gasteiger partial charge in [-0.1, -0.05) is 36.4 Å². The zero-order chi connectivity index (χ0) is 9.26. The van der Waals surface area contributed by atoms with Gasteiger partial charge >= 0.3 is 29.0 Å². The Labute approximate surface area is 126 Å². The fourth-order valence-electron chi connectivity index (χ4n) is 1.41. The van der Waals surface area contributed by atoms with Crippen LogP contribution in [0.3, 0.4) is 0 Å². The van der Waals surface area contributed by atoms with E-state index in [1.54, 1.807) is 12.1 Å². The average Bonchev–Trinajstić information content (AvgIpc) is 2.17. The molecule has 0 spiro atoms. The van der Waals surface area contributed by atoms with E-state index in [0.717, 1.165) is 10.8 Å². The molecule has 0 aromatic heterocycles. The minimum atomic E-state index is -0.878. The Bertz CT molecular complexity index is 474. The number of carboxylic acid groups (broad SMARTS) is 1. The van der Waals surface area contributed by atoms with Crippen LogP contribution in [-0.4, -0.2) is 34.1 Å². The summed E-state index contributed by atoms with van der Waals surface area (Å²) in [4.78, 5) is 10.8. The number of rotatable bonds is 1. The molecule has 72 valence electrons. The molecule has 4 heteroatoms. The zero-order valence-electron chi connectivity index (χ0n) is 10.1. The summed E-state index contributed by atoms with van der Waals surface area (Å²) in [5.74, 6) is -0.878. The van der Waals surface area contributed by atoms with Gasteiger partial charge in [-0.3, -0.25) is 0 Å². The molecule has 15 heavy (non-hydrogen) atoms. The van der Waals surface area contributed by atoms with E-state index in [9.17, 15) is 4.79 Å². The normalized spacial score (nSPS) is 8.80. The molecule has 0 saturated heterocycles. The predicted octanol–water partition coefficient (Wildman–Crippen LogP) is 2.38. The van der Waals surface area contributed by atoms with Gasteiger partial charge in [-0.05, 0) is 16.8 Å². The molecular formula is C11H10MgO2Zr. The monoisotopic (exact) mass is 288 g/mol. The molecule has 2 aromatic rings. The van der Waals surface area contributed by atoms with E-state index >= 15 is 0 Å². The maximum Gasteiger partial charge on any atom is 2.00 e. The van der Waals surface area contributed by atoms with E-state index < -0.39 is 5.97 Å². The van der Waals surface area contributed by atoms with Gasteiger partial charge in [0.2, 0.25) is 0 Å². The van der Waals surface area contributed by atoms with E-state index in [-0.39, 0.29) is 52.1 Å². The molecule has 0 aliphatic rings. The summed E-state index contributed by atoms with van der Waals surface area (Å²) in [5, 5.41) is 10.6. The Balaban J connectivity index is -0.000000490. The van der Waals surface area contributed by atoms with Gasteiger partial charge in [-0.25, -0.2) is 4.79 Å². The smallest absolute Gasteiger partial charge is 1.00 e. The van der Waals surface area contributed by atoms with Crippen LogP contribution in [0.15, 0.2) is 42.5 Å². The van der Waals surface area contributed by atoms with E-state index in [2.05, 4.69) is 0 Å². The van der Waals surface area contributed by atoms with Crippen LogP contribution < -0.4 is 0 Å². The van der Waals surface area contributed by atoms with Gasteiger partial charge in [-0.2, -0.15) is 0 Å². The fraction of sp³-hybridized carbons (Fsp3) is 0. The van der Waals surface area contributed by atoms with Crippen molar-refractivity contribution in [1.82, 2.24) is 0 Å². The van der Waals surface area contributed by atoms with Crippen LogP contribution in [0.2, 0.25) is 0 Å². The number of fused-ring (bicyclic) bond motifs is 1. The van der Waals surface area contributed by atoms with Gasteiger partial charge in [0.15, 0.2) is 0 Å². The van der Waals surface area contributed by atoms with Crippen LogP contribution in [0.4, 0.5) is 0 Å². The quantitative estimate of drug-likeness (QED) is 0.819. The van der Waals surface area contributed by atoms with Crippen LogP contribution in [0.5, 0.6) is 0 Å². The van der Waals surface area contributed by atoms with Crippen molar-refractivity contribution >= 4 is 39.8 Å². The second kappa shape index (κ2) is 6.41. The Morgan fingerprint density at radius 3 is 2.33 bits per heavy atom. The van der Waals surface area contributed by atoms with Gasteiger partial charge in [-0.15, -0.1) is 0 Å². The van der Waals surface area contributed by atoms with Gasteiger partial charge in [0.05, 0.1) is 5.56 Å². The molecule has 0 aliphatic carbocycles. The molecule has 0 bridgehead atoms. The number of carbonyl (C=O) groups is 1. The summed E-state index contributed by atoms with van der Waals surface area (Å²) in [6, 6.07) is 12.7. The number of benzene rings is 2. The third kappa shape index (κ3) is 3.13. The molecule has 0 saturated carbocycles. The maximum atomic E-state index is 10.8. The van der Waals surface area contributed by atoms with Crippen molar-refractivity contribution in [3.63, 3.8) is 0 Å². The molecule has 0 radical (unpaired) electrons. The SMILES string of the molecule is O=C(O)c1cccc2ccccc12.[H-].[H-].[Mg+2].[Zr]. The summed E-state index contributed by atoms with van der Waals surface area (Å²) in [5.41, 5.74) is 0.359. The Hall–Kier alpha value is -0.181. The Kier molecular flexibility index (Phi) is 6.34. The number of carboxylic acids is 1. The standard InChI is InChI=1S/C11H8O2.Mg.Zr.2H/c12-11(13)10-7-3-5-8-4-1-2-6-9(8)10;;;;/h1-7H,(H,12,13);;;;/q;+2;;2*-1. The van der Waals surface area contributed by atoms with Crippen molar-refractivity contribution < 1.29 is 39.0 Å². The maximum absolute atomic E-state index is 10.8. The molecule has 0 unspecified atom stereocenters. The van der Waals surface area contributed by atoms with E-state index in [1.165, 1.54) is 0 Å². The Morgan fingerprint density at radius 1 is 1.07 bits per heavy atom. The van der Waals surface area contributed by atoms with Gasteiger partial charge in [0.25, 0.3) is 0 Å². The summed E-state index contributed by atoms with van der Waals surface area (Å²) in [7, 11) is 0. The van der Waals surface area contributed by atoms with Crippen LogP contribution in [-0.2, 0) is 26.2 Å². The van der Waals surface area contributed by atoms with Crippen LogP contribution in [0.1, 0.15) is 13.2 Å². The van der Waals surface area contributed by atoms with Crippen molar-refractivity contribution in [2.45, 2.75) is 0 Å². The third-order valence-electron chi connectivity index (χ3n) is 2.02. The molecule has 2 rings (SSSR count). The summed E-state index contributed by atoms with van der Waals surface area (Å²) in [6.45, 7) is 0. The van der Waals surface area contributed by atoms with E-state index in [4.69, 9.17) is 5.11 Å². The zero-order valence-corrected chi connectivity index (χ0v) is 12.0. The van der Waals surface area contributed by atoms with Crippen molar-refractivity contribution in [3.05, 3.63) is 48.0 Å². The van der Waals surface area contributed by atoms with Crippen molar-refractivity contribution in [2.24, 2.45) is 0 Å². The van der Waals surface area contributed by atoms with Crippen LogP contribution in [0.25, 0.3) is 10.8 Å². The summed E-state index contributed by atoms with van der Waals surface area (Å²) < 4.78 is 0. The predicted molar refractivity (Wildman–Crippen MR) is 58.9 cm³/mol. The molecule has 0 aliphatic heterocycles. The number of hydrogen-bond acceptors (Lipinski definition) is 1. The minimum Gasteiger partial charge on any atom is -1.00 e. The first-order valence-corrected chi connectivity index (χ1v) is 4.00. The van der Waals surface area contributed by atoms with Crippen LogP contribution >= 0.6 is 0 Å². The van der Waals surface area contributed by atoms with Gasteiger partial charge in [0.1, 0.15) is 0 Å². The minimum absolute atomic E-state index is 0. The second-order valence-electron chi connectivity index (χ2n) is 2.83. The third-order valence-corrected chi connectivity index (χ3v) is 2.02.